The molecule has 0 bridgehead atoms. The van der Waals surface area contributed by atoms with Crippen LogP contribution in [0.25, 0.3) is 22.0 Å². The molecule has 0 spiro atoms. The summed E-state index contributed by atoms with van der Waals surface area (Å²) in [5.74, 6) is 1.49. The van der Waals surface area contributed by atoms with E-state index >= 15 is 0 Å². The first-order valence-corrected chi connectivity index (χ1v) is 6.19. The van der Waals surface area contributed by atoms with E-state index < -0.39 is 0 Å². The number of aromatic amines is 1. The normalized spacial score (nSPS) is 12.8. The number of aromatic nitrogens is 2. The minimum absolute atomic E-state index is 0.132. The van der Waals surface area contributed by atoms with Gasteiger partial charge in [0.1, 0.15) is 0 Å². The SMILES string of the molecule is O=c1[nH]cnc2cc(-c3ccc4c(c3)OCO4)ccc12. The number of hydrogen-bond donors (Lipinski definition) is 1. The molecule has 2 aromatic carbocycles. The number of rotatable bonds is 1. The number of benzene rings is 2. The molecule has 2 heterocycles. The second kappa shape index (κ2) is 4.09. The second-order valence-electron chi connectivity index (χ2n) is 4.53. The first-order chi connectivity index (χ1) is 9.81. The molecule has 5 heteroatoms. The molecule has 1 aliphatic heterocycles. The van der Waals surface area contributed by atoms with Crippen molar-refractivity contribution in [3.8, 4) is 22.6 Å². The van der Waals surface area contributed by atoms with E-state index in [0.29, 0.717) is 10.9 Å². The van der Waals surface area contributed by atoms with Gasteiger partial charge in [0, 0.05) is 0 Å². The van der Waals surface area contributed by atoms with Crippen LogP contribution in [0.5, 0.6) is 11.5 Å². The van der Waals surface area contributed by atoms with Gasteiger partial charge in [0.05, 0.1) is 17.2 Å². The molecule has 20 heavy (non-hydrogen) atoms. The number of ether oxygens (including phenoxy) is 2. The van der Waals surface area contributed by atoms with Crippen LogP contribution in [-0.2, 0) is 0 Å². The van der Waals surface area contributed by atoms with Gasteiger partial charge in [-0.1, -0.05) is 12.1 Å². The number of H-pyrrole nitrogens is 1. The van der Waals surface area contributed by atoms with Gasteiger partial charge in [-0.05, 0) is 35.4 Å². The van der Waals surface area contributed by atoms with Crippen molar-refractivity contribution < 1.29 is 9.47 Å². The lowest BCUT2D eigenvalue weighted by Crippen LogP contribution is -2.05. The van der Waals surface area contributed by atoms with Crippen LogP contribution < -0.4 is 15.0 Å². The van der Waals surface area contributed by atoms with Gasteiger partial charge in [-0.3, -0.25) is 4.79 Å². The Bertz CT molecular complexity index is 870. The van der Waals surface area contributed by atoms with Crippen molar-refractivity contribution in [1.29, 1.82) is 0 Å². The molecule has 0 aliphatic carbocycles. The summed E-state index contributed by atoms with van der Waals surface area (Å²) in [7, 11) is 0. The maximum absolute atomic E-state index is 11.6. The van der Waals surface area contributed by atoms with Crippen molar-refractivity contribution in [2.45, 2.75) is 0 Å². The molecule has 0 saturated carbocycles. The lowest BCUT2D eigenvalue weighted by Gasteiger charge is -2.04. The van der Waals surface area contributed by atoms with Crippen molar-refractivity contribution in [2.75, 3.05) is 6.79 Å². The van der Waals surface area contributed by atoms with Crippen molar-refractivity contribution in [2.24, 2.45) is 0 Å². The van der Waals surface area contributed by atoms with Gasteiger partial charge in [0.25, 0.3) is 5.56 Å². The number of fused-ring (bicyclic) bond motifs is 2. The van der Waals surface area contributed by atoms with Crippen LogP contribution in [0.1, 0.15) is 0 Å². The molecular formula is C15H10N2O3. The van der Waals surface area contributed by atoms with Crippen molar-refractivity contribution in [3.63, 3.8) is 0 Å². The zero-order valence-electron chi connectivity index (χ0n) is 10.4. The third-order valence-electron chi connectivity index (χ3n) is 3.35. The van der Waals surface area contributed by atoms with E-state index in [4.69, 9.17) is 9.47 Å². The number of hydrogen-bond acceptors (Lipinski definition) is 4. The highest BCUT2D eigenvalue weighted by atomic mass is 16.7. The summed E-state index contributed by atoms with van der Waals surface area (Å²) in [6.45, 7) is 0.257. The average Bonchev–Trinajstić information content (AvgIpc) is 2.94. The Hall–Kier alpha value is -2.82. The highest BCUT2D eigenvalue weighted by Crippen LogP contribution is 2.36. The van der Waals surface area contributed by atoms with E-state index in [1.54, 1.807) is 6.07 Å². The Morgan fingerprint density at radius 2 is 1.80 bits per heavy atom. The zero-order chi connectivity index (χ0) is 13.5. The minimum atomic E-state index is -0.132. The van der Waals surface area contributed by atoms with Gasteiger partial charge in [-0.25, -0.2) is 4.98 Å². The Morgan fingerprint density at radius 3 is 2.75 bits per heavy atom. The lowest BCUT2D eigenvalue weighted by atomic mass is 10.0. The smallest absolute Gasteiger partial charge is 0.258 e. The van der Waals surface area contributed by atoms with E-state index in [0.717, 1.165) is 22.6 Å². The summed E-state index contributed by atoms with van der Waals surface area (Å²) in [4.78, 5) is 18.4. The molecule has 0 amide bonds. The van der Waals surface area contributed by atoms with E-state index in [1.807, 2.05) is 30.3 Å². The number of nitrogens with zero attached hydrogens (tertiary/aromatic N) is 1. The molecule has 1 aliphatic rings. The third-order valence-corrected chi connectivity index (χ3v) is 3.35. The predicted molar refractivity (Wildman–Crippen MR) is 73.9 cm³/mol. The fourth-order valence-electron chi connectivity index (χ4n) is 2.32. The highest BCUT2D eigenvalue weighted by Gasteiger charge is 2.14. The summed E-state index contributed by atoms with van der Waals surface area (Å²) in [6.07, 6.45) is 1.41. The van der Waals surface area contributed by atoms with E-state index in [1.165, 1.54) is 6.33 Å². The quantitative estimate of drug-likeness (QED) is 0.734. The fraction of sp³-hybridized carbons (Fsp3) is 0.0667. The Balaban J connectivity index is 1.88. The largest absolute Gasteiger partial charge is 0.454 e. The molecular weight excluding hydrogens is 256 g/mol. The van der Waals surface area contributed by atoms with Crippen LogP contribution in [0, 0.1) is 0 Å². The summed E-state index contributed by atoms with van der Waals surface area (Å²) >= 11 is 0. The van der Waals surface area contributed by atoms with Gasteiger partial charge < -0.3 is 14.5 Å². The van der Waals surface area contributed by atoms with Crippen molar-refractivity contribution >= 4 is 10.9 Å². The predicted octanol–water partition coefficient (Wildman–Crippen LogP) is 2.32. The zero-order valence-corrected chi connectivity index (χ0v) is 10.4. The molecule has 0 saturated heterocycles. The van der Waals surface area contributed by atoms with Gasteiger partial charge in [-0.15, -0.1) is 0 Å². The molecule has 4 rings (SSSR count). The van der Waals surface area contributed by atoms with Gasteiger partial charge in [0.2, 0.25) is 6.79 Å². The maximum Gasteiger partial charge on any atom is 0.258 e. The topological polar surface area (TPSA) is 64.2 Å². The van der Waals surface area contributed by atoms with Crippen LogP contribution in [0.15, 0.2) is 47.5 Å². The van der Waals surface area contributed by atoms with E-state index in [-0.39, 0.29) is 12.4 Å². The van der Waals surface area contributed by atoms with Gasteiger partial charge >= 0.3 is 0 Å². The lowest BCUT2D eigenvalue weighted by molar-refractivity contribution is 0.174. The first kappa shape index (κ1) is 11.0. The Labute approximate surface area is 113 Å². The summed E-state index contributed by atoms with van der Waals surface area (Å²) in [5, 5.41) is 0.581. The Kier molecular flexibility index (Phi) is 2.26. The molecule has 0 unspecified atom stereocenters. The Morgan fingerprint density at radius 1 is 1.00 bits per heavy atom. The van der Waals surface area contributed by atoms with Crippen LogP contribution in [0.4, 0.5) is 0 Å². The molecule has 98 valence electrons. The molecule has 0 fully saturated rings. The molecule has 1 aromatic heterocycles. The first-order valence-electron chi connectivity index (χ1n) is 6.19. The molecule has 0 atom stereocenters. The van der Waals surface area contributed by atoms with Crippen LogP contribution >= 0.6 is 0 Å². The van der Waals surface area contributed by atoms with Crippen LogP contribution in [0.2, 0.25) is 0 Å². The minimum Gasteiger partial charge on any atom is -0.454 e. The van der Waals surface area contributed by atoms with Crippen LogP contribution in [0.3, 0.4) is 0 Å². The summed E-state index contributed by atoms with van der Waals surface area (Å²) < 4.78 is 10.7. The van der Waals surface area contributed by atoms with Crippen LogP contribution in [-0.4, -0.2) is 16.8 Å². The van der Waals surface area contributed by atoms with E-state index in [2.05, 4.69) is 9.97 Å². The van der Waals surface area contributed by atoms with E-state index in [9.17, 15) is 4.79 Å². The van der Waals surface area contributed by atoms with Gasteiger partial charge in [0.15, 0.2) is 11.5 Å². The highest BCUT2D eigenvalue weighted by molar-refractivity contribution is 5.83. The van der Waals surface area contributed by atoms with Crippen molar-refractivity contribution in [1.82, 2.24) is 9.97 Å². The molecule has 5 nitrogen and oxygen atoms in total. The maximum atomic E-state index is 11.6. The fourth-order valence-corrected chi connectivity index (χ4v) is 2.32. The standard InChI is InChI=1S/C15H10N2O3/c18-15-11-3-1-9(5-12(11)16-7-17-15)10-2-4-13-14(6-10)20-8-19-13/h1-7H,8H2,(H,16,17,18). The number of nitrogens with one attached hydrogen (secondary N) is 1. The second-order valence-corrected chi connectivity index (χ2v) is 4.53. The summed E-state index contributed by atoms with van der Waals surface area (Å²) in [5.41, 5.74) is 2.52. The third kappa shape index (κ3) is 1.64. The van der Waals surface area contributed by atoms with Gasteiger partial charge in [-0.2, -0.15) is 0 Å². The molecule has 3 aromatic rings. The molecule has 1 N–H and O–H groups in total. The summed E-state index contributed by atoms with van der Waals surface area (Å²) in [6, 6.07) is 11.3. The molecule has 0 radical (unpaired) electrons. The monoisotopic (exact) mass is 266 g/mol. The van der Waals surface area contributed by atoms with Crippen molar-refractivity contribution in [3.05, 3.63) is 53.1 Å². The average molecular weight is 266 g/mol.